The van der Waals surface area contributed by atoms with E-state index in [2.05, 4.69) is 106 Å². The molecule has 0 rings (SSSR count). The summed E-state index contributed by atoms with van der Waals surface area (Å²) in [5.74, 6) is -0.887. The molecule has 71 heavy (non-hydrogen) atoms. The Morgan fingerprint density at radius 2 is 0.549 bits per heavy atom. The van der Waals surface area contributed by atoms with Crippen LogP contribution in [0.3, 0.4) is 0 Å². The van der Waals surface area contributed by atoms with Crippen LogP contribution in [0.2, 0.25) is 0 Å². The third kappa shape index (κ3) is 57.4. The van der Waals surface area contributed by atoms with Gasteiger partial charge in [0.1, 0.15) is 13.2 Å². The lowest BCUT2D eigenvalue weighted by atomic mass is 10.1. The highest BCUT2D eigenvalue weighted by Crippen LogP contribution is 2.15. The van der Waals surface area contributed by atoms with Crippen molar-refractivity contribution in [1.82, 2.24) is 0 Å². The maximum Gasteiger partial charge on any atom is 0.306 e. The number of hydrogen-bond donors (Lipinski definition) is 0. The Hall–Kier alpha value is -3.41. The third-order valence-corrected chi connectivity index (χ3v) is 12.9. The van der Waals surface area contributed by atoms with Crippen molar-refractivity contribution in [2.45, 2.75) is 297 Å². The van der Waals surface area contributed by atoms with Crippen molar-refractivity contribution in [3.63, 3.8) is 0 Å². The number of carbonyl (C=O) groups excluding carboxylic acids is 3. The first-order valence-electron chi connectivity index (χ1n) is 30.1. The van der Waals surface area contributed by atoms with Gasteiger partial charge < -0.3 is 14.2 Å². The zero-order valence-corrected chi connectivity index (χ0v) is 46.7. The summed E-state index contributed by atoms with van der Waals surface area (Å²) >= 11 is 0. The van der Waals surface area contributed by atoms with E-state index < -0.39 is 6.10 Å². The summed E-state index contributed by atoms with van der Waals surface area (Å²) < 4.78 is 16.9. The third-order valence-electron chi connectivity index (χ3n) is 12.9. The van der Waals surface area contributed by atoms with Gasteiger partial charge in [-0.25, -0.2) is 0 Å². The Kier molecular flexibility index (Phi) is 56.3. The number of ether oxygens (including phenoxy) is 3. The monoisotopic (exact) mass is 989 g/mol. The topological polar surface area (TPSA) is 78.9 Å². The second kappa shape index (κ2) is 59.2. The van der Waals surface area contributed by atoms with E-state index in [1.165, 1.54) is 141 Å². The smallest absolute Gasteiger partial charge is 0.306 e. The Bertz CT molecular complexity index is 1370. The first-order valence-corrected chi connectivity index (χ1v) is 30.1. The summed E-state index contributed by atoms with van der Waals surface area (Å²) in [6.45, 7) is 6.50. The van der Waals surface area contributed by atoms with Crippen molar-refractivity contribution in [3.05, 3.63) is 85.1 Å². The molecule has 0 spiro atoms. The molecule has 0 aromatic heterocycles. The molecule has 0 aromatic rings. The Balaban J connectivity index is 4.29. The molecule has 0 amide bonds. The van der Waals surface area contributed by atoms with E-state index in [1.54, 1.807) is 0 Å². The summed E-state index contributed by atoms with van der Waals surface area (Å²) in [7, 11) is 0. The van der Waals surface area contributed by atoms with Crippen molar-refractivity contribution >= 4 is 17.9 Å². The van der Waals surface area contributed by atoms with Crippen molar-refractivity contribution < 1.29 is 28.6 Å². The van der Waals surface area contributed by atoms with Crippen LogP contribution in [0.4, 0.5) is 0 Å². The van der Waals surface area contributed by atoms with Gasteiger partial charge in [0.25, 0.3) is 0 Å². The summed E-state index contributed by atoms with van der Waals surface area (Å²) in [6.07, 6.45) is 77.2. The predicted molar refractivity (Wildman–Crippen MR) is 307 cm³/mol. The highest BCUT2D eigenvalue weighted by Gasteiger charge is 2.19. The van der Waals surface area contributed by atoms with Gasteiger partial charge >= 0.3 is 17.9 Å². The number of esters is 3. The molecule has 408 valence electrons. The molecule has 0 aliphatic carbocycles. The van der Waals surface area contributed by atoms with Crippen LogP contribution in [0.5, 0.6) is 0 Å². The zero-order valence-electron chi connectivity index (χ0n) is 46.7. The van der Waals surface area contributed by atoms with Crippen LogP contribution in [0.1, 0.15) is 290 Å². The van der Waals surface area contributed by atoms with E-state index in [9.17, 15) is 14.4 Å². The highest BCUT2D eigenvalue weighted by atomic mass is 16.6. The summed E-state index contributed by atoms with van der Waals surface area (Å²) in [5.41, 5.74) is 0. The summed E-state index contributed by atoms with van der Waals surface area (Å²) in [6, 6.07) is 0. The van der Waals surface area contributed by atoms with Gasteiger partial charge in [0, 0.05) is 19.3 Å². The lowest BCUT2D eigenvalue weighted by Crippen LogP contribution is -2.30. The van der Waals surface area contributed by atoms with Crippen LogP contribution >= 0.6 is 0 Å². The molecule has 6 heteroatoms. The zero-order chi connectivity index (χ0) is 51.4. The molecule has 0 saturated heterocycles. The maximum absolute atomic E-state index is 12.9. The SMILES string of the molecule is CC/C=C\C/C=C\C/C=C\C/C=C\C/C=C\CCCCCCCCCCCC(=O)OCC(COC(=O)CCCCCCCCCCCC)OC(=O)CCCCCCCCC/C=C\C/C=C\CCCCCC. The second-order valence-corrected chi connectivity index (χ2v) is 19.9. The van der Waals surface area contributed by atoms with Crippen molar-refractivity contribution in [2.24, 2.45) is 0 Å². The molecule has 0 bridgehead atoms. The van der Waals surface area contributed by atoms with Gasteiger partial charge in [-0.3, -0.25) is 14.4 Å². The molecule has 0 fully saturated rings. The molecule has 6 nitrogen and oxygen atoms in total. The van der Waals surface area contributed by atoms with E-state index in [0.29, 0.717) is 19.3 Å². The van der Waals surface area contributed by atoms with Gasteiger partial charge in [0.15, 0.2) is 6.10 Å². The minimum Gasteiger partial charge on any atom is -0.462 e. The van der Waals surface area contributed by atoms with Crippen LogP contribution in [-0.2, 0) is 28.6 Å². The van der Waals surface area contributed by atoms with Gasteiger partial charge in [-0.05, 0) is 96.3 Å². The molecule has 0 N–H and O–H groups in total. The van der Waals surface area contributed by atoms with Crippen molar-refractivity contribution in [3.8, 4) is 0 Å². The fraction of sp³-hybridized carbons (Fsp3) is 0.738. The van der Waals surface area contributed by atoms with Crippen LogP contribution in [0.25, 0.3) is 0 Å². The van der Waals surface area contributed by atoms with E-state index in [-0.39, 0.29) is 31.1 Å². The van der Waals surface area contributed by atoms with Crippen LogP contribution in [-0.4, -0.2) is 37.2 Å². The predicted octanol–water partition coefficient (Wildman–Crippen LogP) is 20.3. The van der Waals surface area contributed by atoms with Crippen LogP contribution in [0, 0.1) is 0 Å². The van der Waals surface area contributed by atoms with Crippen molar-refractivity contribution in [2.75, 3.05) is 13.2 Å². The first-order chi connectivity index (χ1) is 35.0. The normalized spacial score (nSPS) is 12.7. The second-order valence-electron chi connectivity index (χ2n) is 19.9. The first kappa shape index (κ1) is 67.6. The fourth-order valence-corrected chi connectivity index (χ4v) is 8.38. The molecule has 1 unspecified atom stereocenters. The van der Waals surface area contributed by atoms with Gasteiger partial charge in [0.05, 0.1) is 0 Å². The average molecular weight is 990 g/mol. The standard InChI is InChI=1S/C65H112O6/c1-4-7-10-13-16-19-22-24-26-28-30-31-32-33-34-35-36-38-39-41-43-46-49-52-55-58-64(67)70-61-62(60-69-63(66)57-54-51-48-45-21-18-15-12-9-6-3)71-65(68)59-56-53-50-47-44-42-40-37-29-27-25-23-20-17-14-11-8-5-2/h7,10,16,19-20,23-24,26-27,29-31,33-34,62H,4-6,8-9,11-15,17-18,21-22,25,28,32,35-61H2,1-3H3/b10-7-,19-16-,23-20-,26-24-,29-27-,31-30-,34-33-. The number of carbonyl (C=O) groups is 3. The van der Waals surface area contributed by atoms with Gasteiger partial charge in [-0.1, -0.05) is 260 Å². The van der Waals surface area contributed by atoms with Crippen LogP contribution < -0.4 is 0 Å². The lowest BCUT2D eigenvalue weighted by molar-refractivity contribution is -0.167. The van der Waals surface area contributed by atoms with E-state index >= 15 is 0 Å². The minimum absolute atomic E-state index is 0.0794. The molecule has 0 aliphatic heterocycles. The molecule has 0 saturated carbocycles. The van der Waals surface area contributed by atoms with E-state index in [0.717, 1.165) is 109 Å². The Morgan fingerprint density at radius 3 is 0.873 bits per heavy atom. The molecule has 0 aromatic carbocycles. The van der Waals surface area contributed by atoms with Gasteiger partial charge in [-0.15, -0.1) is 0 Å². The lowest BCUT2D eigenvalue weighted by Gasteiger charge is -2.18. The van der Waals surface area contributed by atoms with Crippen LogP contribution in [0.15, 0.2) is 85.1 Å². The maximum atomic E-state index is 12.9. The largest absolute Gasteiger partial charge is 0.462 e. The van der Waals surface area contributed by atoms with Crippen molar-refractivity contribution in [1.29, 1.82) is 0 Å². The Morgan fingerprint density at radius 1 is 0.296 bits per heavy atom. The average Bonchev–Trinajstić information content (AvgIpc) is 3.37. The molecule has 0 aliphatic rings. The van der Waals surface area contributed by atoms with E-state index in [1.807, 2.05) is 0 Å². The number of hydrogen-bond acceptors (Lipinski definition) is 6. The number of unbranched alkanes of at least 4 members (excludes halogenated alkanes) is 29. The van der Waals surface area contributed by atoms with E-state index in [4.69, 9.17) is 14.2 Å². The number of allylic oxidation sites excluding steroid dienone is 14. The summed E-state index contributed by atoms with van der Waals surface area (Å²) in [5, 5.41) is 0. The van der Waals surface area contributed by atoms with Gasteiger partial charge in [0.2, 0.25) is 0 Å². The molecule has 0 radical (unpaired) electrons. The highest BCUT2D eigenvalue weighted by molar-refractivity contribution is 5.71. The Labute approximate surface area is 439 Å². The molecular weight excluding hydrogens is 877 g/mol. The molecule has 1 atom stereocenters. The number of rotatable bonds is 54. The fourth-order valence-electron chi connectivity index (χ4n) is 8.38. The summed E-state index contributed by atoms with van der Waals surface area (Å²) in [4.78, 5) is 38.1. The quantitative estimate of drug-likeness (QED) is 0.0261. The van der Waals surface area contributed by atoms with Gasteiger partial charge in [-0.2, -0.15) is 0 Å². The minimum atomic E-state index is -0.782. The molecular formula is C65H112O6. The molecule has 0 heterocycles.